The quantitative estimate of drug-likeness (QED) is 0.691. The molecule has 2 rings (SSSR count). The molecule has 0 bridgehead atoms. The summed E-state index contributed by atoms with van der Waals surface area (Å²) in [4.78, 5) is 19.4. The molecule has 0 atom stereocenters. The summed E-state index contributed by atoms with van der Waals surface area (Å²) in [6, 6.07) is 0. The second-order valence-corrected chi connectivity index (χ2v) is 3.53. The Morgan fingerprint density at radius 3 is 2.94 bits per heavy atom. The average Bonchev–Trinajstić information content (AvgIpc) is 2.72. The highest BCUT2D eigenvalue weighted by atomic mass is 16.1. The van der Waals surface area contributed by atoms with Crippen molar-refractivity contribution in [2.75, 3.05) is 5.73 Å². The molecule has 0 unspecified atom stereocenters. The highest BCUT2D eigenvalue weighted by Crippen LogP contribution is 2.02. The Morgan fingerprint density at radius 2 is 2.29 bits per heavy atom. The molecule has 0 aromatic carbocycles. The van der Waals surface area contributed by atoms with Crippen LogP contribution in [0.1, 0.15) is 21.7 Å². The first-order valence-corrected chi connectivity index (χ1v) is 5.01. The minimum atomic E-state index is -0.314. The van der Waals surface area contributed by atoms with E-state index < -0.39 is 0 Å². The van der Waals surface area contributed by atoms with Gasteiger partial charge in [-0.2, -0.15) is 5.10 Å². The zero-order valence-corrected chi connectivity index (χ0v) is 9.27. The number of nitrogens with zero attached hydrogens (tertiary/aromatic N) is 3. The predicted molar refractivity (Wildman–Crippen MR) is 60.9 cm³/mol. The van der Waals surface area contributed by atoms with Gasteiger partial charge in [-0.25, -0.2) is 4.98 Å². The molecule has 1 amide bonds. The molecular formula is C10H12N6O. The zero-order valence-electron chi connectivity index (χ0n) is 9.27. The third-order valence-electron chi connectivity index (χ3n) is 2.26. The molecule has 7 heteroatoms. The van der Waals surface area contributed by atoms with Crippen LogP contribution in [0.2, 0.25) is 0 Å². The monoisotopic (exact) mass is 232 g/mol. The van der Waals surface area contributed by atoms with Crippen LogP contribution in [0.25, 0.3) is 0 Å². The molecule has 0 saturated carbocycles. The highest BCUT2D eigenvalue weighted by molar-refractivity contribution is 5.92. The molecule has 17 heavy (non-hydrogen) atoms. The normalized spacial score (nSPS) is 10.2. The van der Waals surface area contributed by atoms with E-state index in [4.69, 9.17) is 5.73 Å². The maximum Gasteiger partial charge on any atom is 0.271 e. The van der Waals surface area contributed by atoms with Gasteiger partial charge in [-0.05, 0) is 6.92 Å². The number of amides is 1. The van der Waals surface area contributed by atoms with Crippen molar-refractivity contribution in [2.24, 2.45) is 0 Å². The van der Waals surface area contributed by atoms with Crippen molar-refractivity contribution in [3.63, 3.8) is 0 Å². The molecule has 2 heterocycles. The maximum absolute atomic E-state index is 11.7. The van der Waals surface area contributed by atoms with Crippen molar-refractivity contribution in [1.29, 1.82) is 0 Å². The number of H-pyrrole nitrogens is 1. The Hall–Kier alpha value is -2.44. The molecule has 2 aromatic rings. The van der Waals surface area contributed by atoms with Crippen molar-refractivity contribution >= 4 is 11.7 Å². The maximum atomic E-state index is 11.7. The summed E-state index contributed by atoms with van der Waals surface area (Å²) >= 11 is 0. The fourth-order valence-electron chi connectivity index (χ4n) is 1.31. The minimum Gasteiger partial charge on any atom is -0.382 e. The van der Waals surface area contributed by atoms with E-state index >= 15 is 0 Å². The number of nitrogens with one attached hydrogen (secondary N) is 2. The van der Waals surface area contributed by atoms with Crippen LogP contribution in [-0.4, -0.2) is 26.1 Å². The van der Waals surface area contributed by atoms with Crippen LogP contribution in [0.3, 0.4) is 0 Å². The molecule has 4 N–H and O–H groups in total. The molecule has 0 aliphatic heterocycles. The van der Waals surface area contributed by atoms with Crippen molar-refractivity contribution in [3.8, 4) is 0 Å². The van der Waals surface area contributed by atoms with Crippen molar-refractivity contribution < 1.29 is 4.79 Å². The second kappa shape index (κ2) is 4.60. The summed E-state index contributed by atoms with van der Waals surface area (Å²) < 4.78 is 0. The number of aromatic amines is 1. The lowest BCUT2D eigenvalue weighted by Gasteiger charge is -2.03. The topological polar surface area (TPSA) is 110 Å². The van der Waals surface area contributed by atoms with Crippen LogP contribution in [0, 0.1) is 6.92 Å². The number of anilines is 1. The van der Waals surface area contributed by atoms with Crippen LogP contribution in [0.15, 0.2) is 18.6 Å². The Bertz CT molecular complexity index is 535. The number of hydrogen-bond donors (Lipinski definition) is 3. The van der Waals surface area contributed by atoms with Gasteiger partial charge in [-0.1, -0.05) is 0 Å². The predicted octanol–water partition coefficient (Wildman–Crippen LogP) is 0.0203. The minimum absolute atomic E-state index is 0.200. The number of aryl methyl sites for hydroxylation is 1. The molecule has 0 spiro atoms. The number of nitrogen functional groups attached to an aromatic ring is 1. The number of nitrogens with two attached hydrogens (primary N) is 1. The van der Waals surface area contributed by atoms with E-state index in [0.29, 0.717) is 6.54 Å². The van der Waals surface area contributed by atoms with E-state index in [9.17, 15) is 4.79 Å². The standard InChI is InChI=1S/C10H12N6O/c1-6-7(3-14-16-6)2-13-10(17)8-4-12-5-9(11)15-8/h3-5H,2H2,1H3,(H2,11,15)(H,13,17)(H,14,16). The molecule has 0 fully saturated rings. The van der Waals surface area contributed by atoms with Gasteiger partial charge in [0.15, 0.2) is 0 Å². The average molecular weight is 232 g/mol. The fourth-order valence-corrected chi connectivity index (χ4v) is 1.31. The van der Waals surface area contributed by atoms with E-state index in [2.05, 4.69) is 25.5 Å². The van der Waals surface area contributed by atoms with E-state index in [1.54, 1.807) is 6.20 Å². The van der Waals surface area contributed by atoms with Crippen LogP contribution in [0.5, 0.6) is 0 Å². The smallest absolute Gasteiger partial charge is 0.271 e. The number of hydrogen-bond acceptors (Lipinski definition) is 5. The van der Waals surface area contributed by atoms with Crippen molar-refractivity contribution in [2.45, 2.75) is 13.5 Å². The van der Waals surface area contributed by atoms with Gasteiger partial charge in [0.1, 0.15) is 11.5 Å². The lowest BCUT2D eigenvalue weighted by molar-refractivity contribution is 0.0945. The largest absolute Gasteiger partial charge is 0.382 e. The van der Waals surface area contributed by atoms with Crippen molar-refractivity contribution in [1.82, 2.24) is 25.5 Å². The number of carbonyl (C=O) groups is 1. The van der Waals surface area contributed by atoms with Crippen LogP contribution >= 0.6 is 0 Å². The summed E-state index contributed by atoms with van der Waals surface area (Å²) in [5.74, 6) is -0.0949. The zero-order chi connectivity index (χ0) is 12.3. The number of rotatable bonds is 3. The van der Waals surface area contributed by atoms with E-state index in [1.807, 2.05) is 6.92 Å². The summed E-state index contributed by atoms with van der Waals surface area (Å²) in [7, 11) is 0. The van der Waals surface area contributed by atoms with E-state index in [1.165, 1.54) is 12.4 Å². The summed E-state index contributed by atoms with van der Waals surface area (Å²) in [5, 5.41) is 9.37. The van der Waals surface area contributed by atoms with Crippen LogP contribution in [-0.2, 0) is 6.54 Å². The molecule has 2 aromatic heterocycles. The highest BCUT2D eigenvalue weighted by Gasteiger charge is 2.08. The lowest BCUT2D eigenvalue weighted by Crippen LogP contribution is -2.24. The first-order chi connectivity index (χ1) is 8.16. The Balaban J connectivity index is 2.01. The van der Waals surface area contributed by atoms with Gasteiger partial charge in [0.05, 0.1) is 18.6 Å². The molecule has 7 nitrogen and oxygen atoms in total. The van der Waals surface area contributed by atoms with Crippen LogP contribution in [0.4, 0.5) is 5.82 Å². The Labute approximate surface area is 97.5 Å². The van der Waals surface area contributed by atoms with Crippen LogP contribution < -0.4 is 11.1 Å². The van der Waals surface area contributed by atoms with E-state index in [-0.39, 0.29) is 17.4 Å². The van der Waals surface area contributed by atoms with Gasteiger partial charge in [0, 0.05) is 17.8 Å². The lowest BCUT2D eigenvalue weighted by atomic mass is 10.2. The Kier molecular flexibility index (Phi) is 2.99. The second-order valence-electron chi connectivity index (χ2n) is 3.53. The van der Waals surface area contributed by atoms with Gasteiger partial charge in [0.25, 0.3) is 5.91 Å². The number of aromatic nitrogens is 4. The van der Waals surface area contributed by atoms with Gasteiger partial charge < -0.3 is 11.1 Å². The summed E-state index contributed by atoms with van der Waals surface area (Å²) in [5.41, 5.74) is 7.49. The summed E-state index contributed by atoms with van der Waals surface area (Å²) in [6.07, 6.45) is 4.42. The molecule has 0 radical (unpaired) electrons. The van der Waals surface area contributed by atoms with Crippen molar-refractivity contribution in [3.05, 3.63) is 35.5 Å². The van der Waals surface area contributed by atoms with Gasteiger partial charge in [-0.15, -0.1) is 0 Å². The van der Waals surface area contributed by atoms with Gasteiger partial charge in [0.2, 0.25) is 0 Å². The molecule has 88 valence electrons. The Morgan fingerprint density at radius 1 is 1.47 bits per heavy atom. The summed E-state index contributed by atoms with van der Waals surface area (Å²) in [6.45, 7) is 2.27. The van der Waals surface area contributed by atoms with Gasteiger partial charge in [-0.3, -0.25) is 14.9 Å². The number of carbonyl (C=O) groups excluding carboxylic acids is 1. The molecular weight excluding hydrogens is 220 g/mol. The fraction of sp³-hybridized carbons (Fsp3) is 0.200. The SMILES string of the molecule is Cc1[nH]ncc1CNC(=O)c1cncc(N)n1. The first-order valence-electron chi connectivity index (χ1n) is 5.01. The molecule has 0 aliphatic rings. The van der Waals surface area contributed by atoms with E-state index in [0.717, 1.165) is 11.3 Å². The third kappa shape index (κ3) is 2.57. The molecule has 0 saturated heterocycles. The third-order valence-corrected chi connectivity index (χ3v) is 2.26. The first kappa shape index (κ1) is 11.1. The molecule has 0 aliphatic carbocycles. The van der Waals surface area contributed by atoms with Gasteiger partial charge >= 0.3 is 0 Å².